The second kappa shape index (κ2) is 5.18. The van der Waals surface area contributed by atoms with Gasteiger partial charge in [-0.05, 0) is 50.1 Å². The smallest absolute Gasteiger partial charge is 0.382 e. The van der Waals surface area contributed by atoms with Gasteiger partial charge in [0, 0.05) is 11.3 Å². The first-order chi connectivity index (χ1) is 9.62. The number of hydrogen-bond donors (Lipinski definition) is 2. The minimum absolute atomic E-state index is 0.309. The van der Waals surface area contributed by atoms with E-state index in [-0.39, 0.29) is 0 Å². The van der Waals surface area contributed by atoms with Crippen LogP contribution in [0.25, 0.3) is 0 Å². The Labute approximate surface area is 119 Å². The summed E-state index contributed by atoms with van der Waals surface area (Å²) >= 11 is 0. The quantitative estimate of drug-likeness (QED) is 0.802. The van der Waals surface area contributed by atoms with Crippen molar-refractivity contribution in [3.8, 4) is 0 Å². The topological polar surface area (TPSA) is 36.0 Å². The van der Waals surface area contributed by atoms with Crippen molar-refractivity contribution < 1.29 is 22.7 Å². The number of halogens is 4. The van der Waals surface area contributed by atoms with Crippen molar-refractivity contribution in [2.45, 2.75) is 33.1 Å². The molecule has 0 aliphatic carbocycles. The van der Waals surface area contributed by atoms with Crippen LogP contribution < -0.4 is 0 Å². The number of hydrogen-bond acceptors (Lipinski definition) is 1. The molecule has 0 saturated heterocycles. The highest BCUT2D eigenvalue weighted by Crippen LogP contribution is 2.34. The highest BCUT2D eigenvalue weighted by molar-refractivity contribution is 5.40. The SMILES string of the molecule is Cc1[nH]c(C(O)c2cc(C(F)(F)F)ccc2F)c(C)c1C. The van der Waals surface area contributed by atoms with Crippen LogP contribution in [0.1, 0.15) is 39.7 Å². The van der Waals surface area contributed by atoms with E-state index in [0.717, 1.165) is 17.3 Å². The van der Waals surface area contributed by atoms with Crippen LogP contribution in [-0.4, -0.2) is 10.1 Å². The van der Waals surface area contributed by atoms with Gasteiger partial charge in [0.1, 0.15) is 11.9 Å². The van der Waals surface area contributed by atoms with E-state index in [2.05, 4.69) is 4.98 Å². The van der Waals surface area contributed by atoms with Gasteiger partial charge in [-0.25, -0.2) is 4.39 Å². The van der Waals surface area contributed by atoms with Crippen LogP contribution in [0.2, 0.25) is 0 Å². The Balaban J connectivity index is 2.52. The van der Waals surface area contributed by atoms with Crippen LogP contribution in [0.15, 0.2) is 18.2 Å². The predicted molar refractivity (Wildman–Crippen MR) is 70.5 cm³/mol. The molecule has 0 bridgehead atoms. The van der Waals surface area contributed by atoms with E-state index in [1.54, 1.807) is 13.8 Å². The Morgan fingerprint density at radius 1 is 1.10 bits per heavy atom. The number of aliphatic hydroxyl groups excluding tert-OH is 1. The van der Waals surface area contributed by atoms with Crippen molar-refractivity contribution in [2.75, 3.05) is 0 Å². The third kappa shape index (κ3) is 2.81. The largest absolute Gasteiger partial charge is 0.416 e. The van der Waals surface area contributed by atoms with Crippen molar-refractivity contribution in [3.05, 3.63) is 57.7 Å². The van der Waals surface area contributed by atoms with Crippen molar-refractivity contribution in [3.63, 3.8) is 0 Å². The minimum Gasteiger partial charge on any atom is -0.382 e. The number of nitrogens with one attached hydrogen (secondary N) is 1. The van der Waals surface area contributed by atoms with Gasteiger partial charge in [0.15, 0.2) is 0 Å². The number of benzene rings is 1. The molecule has 1 unspecified atom stereocenters. The standard InChI is InChI=1S/C15H15F4NO/c1-7-8(2)13(20-9(7)3)14(21)11-6-10(15(17,18)19)4-5-12(11)16/h4-6,14,20-21H,1-3H3. The first kappa shape index (κ1) is 15.6. The summed E-state index contributed by atoms with van der Waals surface area (Å²) in [5, 5.41) is 10.2. The molecule has 2 N–H and O–H groups in total. The van der Waals surface area contributed by atoms with Gasteiger partial charge < -0.3 is 10.1 Å². The summed E-state index contributed by atoms with van der Waals surface area (Å²) in [6, 6.07) is 2.02. The van der Waals surface area contributed by atoms with Gasteiger partial charge in [-0.1, -0.05) is 0 Å². The summed E-state index contributed by atoms with van der Waals surface area (Å²) in [4.78, 5) is 2.90. The van der Waals surface area contributed by atoms with Gasteiger partial charge in [0.2, 0.25) is 0 Å². The zero-order valence-corrected chi connectivity index (χ0v) is 11.8. The second-order valence-corrected chi connectivity index (χ2v) is 5.05. The average Bonchev–Trinajstić information content (AvgIpc) is 2.65. The molecule has 0 saturated carbocycles. The molecule has 2 rings (SSSR count). The van der Waals surface area contributed by atoms with E-state index in [1.807, 2.05) is 6.92 Å². The van der Waals surface area contributed by atoms with E-state index in [9.17, 15) is 22.7 Å². The van der Waals surface area contributed by atoms with Crippen LogP contribution in [0.4, 0.5) is 17.6 Å². The minimum atomic E-state index is -4.58. The number of H-pyrrole nitrogens is 1. The molecule has 6 heteroatoms. The van der Waals surface area contributed by atoms with Crippen molar-refractivity contribution in [1.29, 1.82) is 0 Å². The highest BCUT2D eigenvalue weighted by Gasteiger charge is 2.32. The van der Waals surface area contributed by atoms with E-state index in [4.69, 9.17) is 0 Å². The van der Waals surface area contributed by atoms with Gasteiger partial charge in [-0.3, -0.25) is 0 Å². The first-order valence-corrected chi connectivity index (χ1v) is 6.33. The van der Waals surface area contributed by atoms with Crippen LogP contribution in [-0.2, 0) is 6.18 Å². The lowest BCUT2D eigenvalue weighted by atomic mass is 10.00. The predicted octanol–water partition coefficient (Wildman–Crippen LogP) is 4.18. The molecule has 0 fully saturated rings. The molecular formula is C15H15F4NO. The normalized spacial score (nSPS) is 13.5. The molecule has 2 aromatic rings. The van der Waals surface area contributed by atoms with E-state index in [1.165, 1.54) is 0 Å². The fraction of sp³-hybridized carbons (Fsp3) is 0.333. The van der Waals surface area contributed by atoms with Crippen LogP contribution in [0.3, 0.4) is 0 Å². The molecule has 1 atom stereocenters. The number of aryl methyl sites for hydroxylation is 1. The summed E-state index contributed by atoms with van der Waals surface area (Å²) in [7, 11) is 0. The molecule has 0 aliphatic heterocycles. The lowest BCUT2D eigenvalue weighted by molar-refractivity contribution is -0.137. The van der Waals surface area contributed by atoms with E-state index in [0.29, 0.717) is 23.4 Å². The molecule has 1 heterocycles. The monoisotopic (exact) mass is 301 g/mol. The number of aliphatic hydroxyl groups is 1. The van der Waals surface area contributed by atoms with E-state index < -0.39 is 29.2 Å². The molecule has 2 nitrogen and oxygen atoms in total. The summed E-state index contributed by atoms with van der Waals surface area (Å²) in [6.07, 6.45) is -6.06. The number of aromatic amines is 1. The zero-order valence-electron chi connectivity index (χ0n) is 11.8. The first-order valence-electron chi connectivity index (χ1n) is 6.33. The van der Waals surface area contributed by atoms with Crippen LogP contribution in [0, 0.1) is 26.6 Å². The molecule has 1 aromatic heterocycles. The molecule has 0 amide bonds. The molecule has 114 valence electrons. The van der Waals surface area contributed by atoms with E-state index >= 15 is 0 Å². The zero-order chi connectivity index (χ0) is 15.9. The summed E-state index contributed by atoms with van der Waals surface area (Å²) in [5.41, 5.74) is 1.30. The Kier molecular flexibility index (Phi) is 3.84. The lowest BCUT2D eigenvalue weighted by Gasteiger charge is -2.15. The maximum atomic E-state index is 13.8. The number of aromatic nitrogens is 1. The number of alkyl halides is 3. The van der Waals surface area contributed by atoms with Crippen molar-refractivity contribution in [2.24, 2.45) is 0 Å². The highest BCUT2D eigenvalue weighted by atomic mass is 19.4. The lowest BCUT2D eigenvalue weighted by Crippen LogP contribution is -2.10. The number of rotatable bonds is 2. The van der Waals surface area contributed by atoms with Gasteiger partial charge >= 0.3 is 6.18 Å². The van der Waals surface area contributed by atoms with Gasteiger partial charge in [-0.2, -0.15) is 13.2 Å². The Bertz CT molecular complexity index is 673. The third-order valence-electron chi connectivity index (χ3n) is 3.74. The van der Waals surface area contributed by atoms with Gasteiger partial charge in [0.05, 0.1) is 11.3 Å². The second-order valence-electron chi connectivity index (χ2n) is 5.05. The summed E-state index contributed by atoms with van der Waals surface area (Å²) in [5.74, 6) is -0.875. The van der Waals surface area contributed by atoms with Crippen molar-refractivity contribution in [1.82, 2.24) is 4.98 Å². The molecule has 0 aliphatic rings. The molecule has 0 radical (unpaired) electrons. The van der Waals surface area contributed by atoms with Crippen LogP contribution in [0.5, 0.6) is 0 Å². The van der Waals surface area contributed by atoms with Crippen molar-refractivity contribution >= 4 is 0 Å². The maximum Gasteiger partial charge on any atom is 0.416 e. The maximum absolute atomic E-state index is 13.8. The fourth-order valence-electron chi connectivity index (χ4n) is 2.23. The third-order valence-corrected chi connectivity index (χ3v) is 3.74. The Morgan fingerprint density at radius 3 is 2.19 bits per heavy atom. The molecule has 0 spiro atoms. The van der Waals surface area contributed by atoms with Gasteiger partial charge in [-0.15, -0.1) is 0 Å². The average molecular weight is 301 g/mol. The molecular weight excluding hydrogens is 286 g/mol. The molecule has 1 aromatic carbocycles. The molecule has 21 heavy (non-hydrogen) atoms. The van der Waals surface area contributed by atoms with Gasteiger partial charge in [0.25, 0.3) is 0 Å². The van der Waals surface area contributed by atoms with Crippen LogP contribution >= 0.6 is 0 Å². The Morgan fingerprint density at radius 2 is 1.71 bits per heavy atom. The Hall–Kier alpha value is -1.82. The summed E-state index contributed by atoms with van der Waals surface area (Å²) in [6.45, 7) is 5.32. The summed E-state index contributed by atoms with van der Waals surface area (Å²) < 4.78 is 51.9. The fourth-order valence-corrected chi connectivity index (χ4v) is 2.23.